The Bertz CT molecular complexity index is 1370. The van der Waals surface area contributed by atoms with Crippen LogP contribution in [-0.4, -0.2) is 35.8 Å². The molecule has 0 saturated heterocycles. The number of halogens is 3. The first-order valence-corrected chi connectivity index (χ1v) is 12.2. The van der Waals surface area contributed by atoms with Crippen LogP contribution >= 0.6 is 0 Å². The van der Waals surface area contributed by atoms with Crippen molar-refractivity contribution in [2.75, 3.05) is 12.4 Å². The molecule has 0 atom stereocenters. The molecule has 0 radical (unpaired) electrons. The fourth-order valence-electron chi connectivity index (χ4n) is 4.04. The van der Waals surface area contributed by atoms with E-state index in [0.717, 1.165) is 45.5 Å². The van der Waals surface area contributed by atoms with E-state index in [1.165, 1.54) is 12.1 Å². The Hall–Kier alpha value is -3.27. The van der Waals surface area contributed by atoms with Gasteiger partial charge in [-0.15, -0.1) is 0 Å². The number of alkyl halides is 3. The molecule has 0 spiro atoms. The van der Waals surface area contributed by atoms with E-state index < -0.39 is 27.7 Å². The number of fused-ring (bicyclic) bond motifs is 2. The number of aromatic nitrogens is 1. The molecule has 34 heavy (non-hydrogen) atoms. The number of carbonyl (C=O) groups is 1. The summed E-state index contributed by atoms with van der Waals surface area (Å²) in [4.78, 5) is 10.9. The van der Waals surface area contributed by atoms with Crippen molar-refractivity contribution in [1.29, 1.82) is 0 Å². The van der Waals surface area contributed by atoms with Gasteiger partial charge in [-0.1, -0.05) is 18.2 Å². The van der Waals surface area contributed by atoms with Crippen LogP contribution < -0.4 is 4.74 Å². The van der Waals surface area contributed by atoms with Gasteiger partial charge in [0, 0.05) is 23.9 Å². The summed E-state index contributed by atoms with van der Waals surface area (Å²) in [6, 6.07) is 9.84. The summed E-state index contributed by atoms with van der Waals surface area (Å²) in [6.45, 7) is 0.609. The molecule has 0 bridgehead atoms. The minimum Gasteiger partial charge on any atom is -0.493 e. The quantitative estimate of drug-likeness (QED) is 0.483. The van der Waals surface area contributed by atoms with E-state index in [9.17, 15) is 26.4 Å². The molecule has 1 aromatic heterocycles. The van der Waals surface area contributed by atoms with E-state index in [0.29, 0.717) is 6.61 Å². The Morgan fingerprint density at radius 3 is 2.68 bits per heavy atom. The van der Waals surface area contributed by atoms with Crippen LogP contribution in [0.25, 0.3) is 17.0 Å². The standard InChI is InChI=1S/C24H22F3NO5S/c25-24(26,27)19-7-8-21-18(14-19)15-20(4-1-5-23(29)30)28(21)34(31,32)12-2-3-16-6-9-22-17(13-16)10-11-33-22/h2-3,6-9,13-15H,1,4-5,10-12H2,(H,29,30). The molecule has 3 aromatic rings. The number of benzene rings is 2. The van der Waals surface area contributed by atoms with Gasteiger partial charge in [0.15, 0.2) is 0 Å². The first-order valence-electron chi connectivity index (χ1n) is 10.6. The molecule has 0 unspecified atom stereocenters. The fourth-order valence-corrected chi connectivity index (χ4v) is 5.49. The lowest BCUT2D eigenvalue weighted by molar-refractivity contribution is -0.138. The summed E-state index contributed by atoms with van der Waals surface area (Å²) in [5.74, 6) is -0.600. The normalized spacial score (nSPS) is 14.0. The minimum absolute atomic E-state index is 0.0934. The van der Waals surface area contributed by atoms with Crippen LogP contribution in [0.1, 0.15) is 35.2 Å². The predicted molar refractivity (Wildman–Crippen MR) is 121 cm³/mol. The number of hydrogen-bond acceptors (Lipinski definition) is 4. The van der Waals surface area contributed by atoms with Gasteiger partial charge in [0.2, 0.25) is 10.0 Å². The van der Waals surface area contributed by atoms with Gasteiger partial charge in [-0.3, -0.25) is 4.79 Å². The van der Waals surface area contributed by atoms with Crippen molar-refractivity contribution in [2.45, 2.75) is 31.9 Å². The van der Waals surface area contributed by atoms with Crippen molar-refractivity contribution in [1.82, 2.24) is 3.97 Å². The second-order valence-electron chi connectivity index (χ2n) is 8.07. The number of aliphatic carboxylic acids is 1. The lowest BCUT2D eigenvalue weighted by Gasteiger charge is -2.11. The number of rotatable bonds is 8. The summed E-state index contributed by atoms with van der Waals surface area (Å²) >= 11 is 0. The molecule has 0 amide bonds. The molecule has 0 fully saturated rings. The van der Waals surface area contributed by atoms with Crippen molar-refractivity contribution in [3.05, 3.63) is 70.9 Å². The second-order valence-corrected chi connectivity index (χ2v) is 9.93. The smallest absolute Gasteiger partial charge is 0.416 e. The Morgan fingerprint density at radius 2 is 1.94 bits per heavy atom. The maximum atomic E-state index is 13.2. The molecule has 2 aromatic carbocycles. The summed E-state index contributed by atoms with van der Waals surface area (Å²) in [6.07, 6.45) is -0.558. The van der Waals surface area contributed by atoms with Gasteiger partial charge >= 0.3 is 12.1 Å². The van der Waals surface area contributed by atoms with Crippen LogP contribution in [0, 0.1) is 0 Å². The van der Waals surface area contributed by atoms with Gasteiger partial charge in [-0.05, 0) is 60.4 Å². The molecule has 10 heteroatoms. The maximum Gasteiger partial charge on any atom is 0.416 e. The molecule has 1 aliphatic heterocycles. The van der Waals surface area contributed by atoms with Crippen molar-refractivity contribution in [3.63, 3.8) is 0 Å². The molecule has 2 heterocycles. The largest absolute Gasteiger partial charge is 0.493 e. The second kappa shape index (κ2) is 9.17. The van der Waals surface area contributed by atoms with E-state index >= 15 is 0 Å². The van der Waals surface area contributed by atoms with Crippen molar-refractivity contribution in [3.8, 4) is 5.75 Å². The highest BCUT2D eigenvalue weighted by atomic mass is 32.2. The monoisotopic (exact) mass is 493 g/mol. The van der Waals surface area contributed by atoms with Crippen LogP contribution in [0.15, 0.2) is 48.5 Å². The third-order valence-electron chi connectivity index (χ3n) is 5.59. The van der Waals surface area contributed by atoms with Crippen LogP contribution in [0.2, 0.25) is 0 Å². The number of carboxylic acids is 1. The molecule has 1 aliphatic rings. The molecule has 6 nitrogen and oxygen atoms in total. The van der Waals surface area contributed by atoms with Crippen LogP contribution in [0.5, 0.6) is 5.75 Å². The van der Waals surface area contributed by atoms with Crippen LogP contribution in [0.3, 0.4) is 0 Å². The highest BCUT2D eigenvalue weighted by Gasteiger charge is 2.31. The van der Waals surface area contributed by atoms with E-state index in [-0.39, 0.29) is 41.6 Å². The average molecular weight is 494 g/mol. The van der Waals surface area contributed by atoms with E-state index in [1.807, 2.05) is 18.2 Å². The van der Waals surface area contributed by atoms with Crippen molar-refractivity contribution < 1.29 is 36.2 Å². The topological polar surface area (TPSA) is 85.6 Å². The maximum absolute atomic E-state index is 13.2. The molecule has 4 rings (SSSR count). The summed E-state index contributed by atoms with van der Waals surface area (Å²) in [5.41, 5.74) is 1.35. The van der Waals surface area contributed by atoms with E-state index in [4.69, 9.17) is 9.84 Å². The number of nitrogens with zero attached hydrogens (tertiary/aromatic N) is 1. The van der Waals surface area contributed by atoms with Crippen LogP contribution in [-0.2, 0) is 33.8 Å². The van der Waals surface area contributed by atoms with Gasteiger partial charge in [0.25, 0.3) is 0 Å². The number of hydrogen-bond donors (Lipinski definition) is 1. The van der Waals surface area contributed by atoms with Crippen molar-refractivity contribution in [2.24, 2.45) is 0 Å². The van der Waals surface area contributed by atoms with Gasteiger partial charge in [0.1, 0.15) is 5.75 Å². The van der Waals surface area contributed by atoms with E-state index in [2.05, 4.69) is 0 Å². The van der Waals surface area contributed by atoms with Gasteiger partial charge < -0.3 is 9.84 Å². The Labute approximate surface area is 194 Å². The van der Waals surface area contributed by atoms with Crippen molar-refractivity contribution >= 4 is 33.0 Å². The highest BCUT2D eigenvalue weighted by molar-refractivity contribution is 7.90. The zero-order valence-corrected chi connectivity index (χ0v) is 18.8. The zero-order valence-electron chi connectivity index (χ0n) is 18.0. The molecule has 0 saturated carbocycles. The molecular weight excluding hydrogens is 471 g/mol. The number of ether oxygens (including phenoxy) is 1. The predicted octanol–water partition coefficient (Wildman–Crippen LogP) is 4.89. The van der Waals surface area contributed by atoms with Gasteiger partial charge in [0.05, 0.1) is 23.4 Å². The Morgan fingerprint density at radius 1 is 1.15 bits per heavy atom. The molecule has 0 aliphatic carbocycles. The SMILES string of the molecule is O=C(O)CCCc1cc2cc(C(F)(F)F)ccc2n1S(=O)(=O)CC=Cc1ccc2c(c1)CCO2. The van der Waals surface area contributed by atoms with Gasteiger partial charge in [-0.25, -0.2) is 12.4 Å². The first-order chi connectivity index (χ1) is 16.0. The van der Waals surface area contributed by atoms with E-state index in [1.54, 1.807) is 6.08 Å². The van der Waals surface area contributed by atoms with Crippen LogP contribution in [0.4, 0.5) is 13.2 Å². The lowest BCUT2D eigenvalue weighted by atomic mass is 10.1. The average Bonchev–Trinajstić information content (AvgIpc) is 3.36. The van der Waals surface area contributed by atoms with Gasteiger partial charge in [-0.2, -0.15) is 13.2 Å². The molecule has 1 N–H and O–H groups in total. The third-order valence-corrected chi connectivity index (χ3v) is 7.19. The lowest BCUT2D eigenvalue weighted by Crippen LogP contribution is -2.18. The first kappa shape index (κ1) is 23.9. The fraction of sp³-hybridized carbons (Fsp3) is 0.292. The number of aryl methyl sites for hydroxylation is 1. The summed E-state index contributed by atoms with van der Waals surface area (Å²) in [7, 11) is -3.98. The Balaban J connectivity index is 1.65. The summed E-state index contributed by atoms with van der Waals surface area (Å²) < 4.78 is 72.4. The zero-order chi connectivity index (χ0) is 24.5. The molecule has 180 valence electrons. The molecular formula is C24H22F3NO5S. The third kappa shape index (κ3) is 5.11. The highest BCUT2D eigenvalue weighted by Crippen LogP contribution is 2.33. The number of carboxylic acid groups (broad SMARTS) is 1. The minimum atomic E-state index is -4.57. The summed E-state index contributed by atoms with van der Waals surface area (Å²) in [5, 5.41) is 9.03. The Kier molecular flexibility index (Phi) is 6.44.